The van der Waals surface area contributed by atoms with Crippen molar-refractivity contribution in [2.24, 2.45) is 0 Å². The quantitative estimate of drug-likeness (QED) is 0.176. The van der Waals surface area contributed by atoms with Gasteiger partial charge in [-0.2, -0.15) is 0 Å². The molecular formula is C61H54BN2. The average Bonchev–Trinajstić information content (AvgIpc) is 3.84. The van der Waals surface area contributed by atoms with Gasteiger partial charge in [0, 0.05) is 55.3 Å². The Labute approximate surface area is 378 Å². The third-order valence-electron chi connectivity index (χ3n) is 16.6. The van der Waals surface area contributed by atoms with E-state index < -0.39 is 0 Å². The van der Waals surface area contributed by atoms with Crippen LogP contribution in [0.15, 0.2) is 133 Å². The summed E-state index contributed by atoms with van der Waals surface area (Å²) in [6, 6.07) is 51.3. The number of para-hydroxylation sites is 1. The SMILES string of the molecule is Cc1cc2c(cc1Nc1ccc3c(c1-c1cc4c(c5c1[B]c1cccc6c7c8ccccc8ccc7n-5c16)-c1ccccc1C4(C)C)C(C)(C)c1ccccc1-3)C(C)(C)CCC2(C)C. The standard InChI is InChI=1S/C61H54BN2/c1-34-31-44-45(59(4,5)30-29-58(44,2)3)33-49(34)63-48-27-26-38-37-19-12-14-22-42(37)61(8,9)54(38)53(48)41-32-46-52(39-20-13-15-23-43(39)60(46,6)7)57-55(41)62-47-24-16-21-40-51-36-18-11-10-17-35(36)25-28-50(51)64(57)56(40)47/h10-28,31-33,63H,29-30H2,1-9H3. The molecule has 0 bridgehead atoms. The lowest BCUT2D eigenvalue weighted by Gasteiger charge is -2.42. The van der Waals surface area contributed by atoms with Gasteiger partial charge in [-0.05, 0) is 132 Å². The molecule has 0 unspecified atom stereocenters. The molecule has 1 radical (unpaired) electrons. The summed E-state index contributed by atoms with van der Waals surface area (Å²) in [5, 5.41) is 9.44. The molecule has 9 aromatic rings. The van der Waals surface area contributed by atoms with Gasteiger partial charge in [-0.15, -0.1) is 0 Å². The molecule has 1 aliphatic heterocycles. The van der Waals surface area contributed by atoms with Gasteiger partial charge in [0.2, 0.25) is 0 Å². The van der Waals surface area contributed by atoms with Gasteiger partial charge in [-0.25, -0.2) is 0 Å². The fraction of sp³-hybridized carbons (Fsp3) is 0.246. The van der Waals surface area contributed by atoms with E-state index in [0.29, 0.717) is 0 Å². The number of anilines is 2. The highest BCUT2D eigenvalue weighted by molar-refractivity contribution is 6.73. The zero-order valence-corrected chi connectivity index (χ0v) is 38.6. The Balaban J connectivity index is 1.17. The van der Waals surface area contributed by atoms with Crippen molar-refractivity contribution in [1.29, 1.82) is 0 Å². The van der Waals surface area contributed by atoms with Gasteiger partial charge in [0.15, 0.2) is 7.28 Å². The van der Waals surface area contributed by atoms with Crippen LogP contribution < -0.4 is 16.2 Å². The molecule has 0 amide bonds. The number of nitrogens with one attached hydrogen (secondary N) is 1. The van der Waals surface area contributed by atoms with Crippen LogP contribution >= 0.6 is 0 Å². The second-order valence-corrected chi connectivity index (χ2v) is 21.9. The van der Waals surface area contributed by atoms with Gasteiger partial charge >= 0.3 is 0 Å². The van der Waals surface area contributed by atoms with Crippen molar-refractivity contribution in [3.05, 3.63) is 172 Å². The van der Waals surface area contributed by atoms with Crippen molar-refractivity contribution in [2.75, 3.05) is 5.32 Å². The predicted molar refractivity (Wildman–Crippen MR) is 274 cm³/mol. The Hall–Kier alpha value is -6.32. The molecule has 13 rings (SSSR count). The van der Waals surface area contributed by atoms with E-state index in [1.54, 1.807) is 0 Å². The minimum Gasteiger partial charge on any atom is -0.355 e. The van der Waals surface area contributed by atoms with Gasteiger partial charge in [0.25, 0.3) is 0 Å². The lowest BCUT2D eigenvalue weighted by Crippen LogP contribution is -2.38. The van der Waals surface area contributed by atoms with Gasteiger partial charge < -0.3 is 9.88 Å². The monoisotopic (exact) mass is 825 g/mol. The zero-order chi connectivity index (χ0) is 43.8. The van der Waals surface area contributed by atoms with Crippen LogP contribution in [-0.2, 0) is 21.7 Å². The number of benzene rings is 8. The van der Waals surface area contributed by atoms with Crippen molar-refractivity contribution in [1.82, 2.24) is 4.57 Å². The number of hydrogen-bond acceptors (Lipinski definition) is 1. The molecule has 1 N–H and O–H groups in total. The molecule has 2 heterocycles. The fourth-order valence-corrected chi connectivity index (χ4v) is 13.1. The Kier molecular flexibility index (Phi) is 7.44. The van der Waals surface area contributed by atoms with Crippen LogP contribution in [0.3, 0.4) is 0 Å². The summed E-state index contributed by atoms with van der Waals surface area (Å²) in [7, 11) is 2.54. The maximum absolute atomic E-state index is 4.22. The highest BCUT2D eigenvalue weighted by atomic mass is 15.0. The highest BCUT2D eigenvalue weighted by Gasteiger charge is 2.44. The minimum absolute atomic E-state index is 0.0948. The number of hydrogen-bond donors (Lipinski definition) is 1. The van der Waals surface area contributed by atoms with E-state index in [4.69, 9.17) is 0 Å². The lowest BCUT2D eigenvalue weighted by atomic mass is 9.57. The molecule has 3 aliphatic carbocycles. The smallest absolute Gasteiger partial charge is 0.197 e. The predicted octanol–water partition coefficient (Wildman–Crippen LogP) is 14.6. The van der Waals surface area contributed by atoms with Gasteiger partial charge in [0.1, 0.15) is 0 Å². The van der Waals surface area contributed by atoms with Crippen LogP contribution in [0.25, 0.3) is 71.6 Å². The molecule has 8 aromatic carbocycles. The van der Waals surface area contributed by atoms with E-state index in [2.05, 4.69) is 213 Å². The van der Waals surface area contributed by atoms with E-state index >= 15 is 0 Å². The summed E-state index contributed by atoms with van der Waals surface area (Å²) < 4.78 is 2.66. The molecule has 0 saturated carbocycles. The van der Waals surface area contributed by atoms with Crippen molar-refractivity contribution in [3.8, 4) is 39.1 Å². The normalized spacial score (nSPS) is 17.3. The molecule has 3 heteroatoms. The molecule has 1 aromatic heterocycles. The Bertz CT molecular complexity index is 3570. The Morgan fingerprint density at radius 2 is 1.19 bits per heavy atom. The Morgan fingerprint density at radius 1 is 0.516 bits per heavy atom. The summed E-state index contributed by atoms with van der Waals surface area (Å²) >= 11 is 0. The molecule has 4 aliphatic rings. The van der Waals surface area contributed by atoms with Crippen molar-refractivity contribution in [2.45, 2.75) is 96.8 Å². The number of fused-ring (bicyclic) bond motifs is 15. The van der Waals surface area contributed by atoms with Gasteiger partial charge in [0.05, 0.1) is 5.52 Å². The van der Waals surface area contributed by atoms with E-state index in [1.165, 1.54) is 140 Å². The largest absolute Gasteiger partial charge is 0.355 e. The van der Waals surface area contributed by atoms with Crippen molar-refractivity contribution in [3.63, 3.8) is 0 Å². The second-order valence-electron chi connectivity index (χ2n) is 21.9. The van der Waals surface area contributed by atoms with Gasteiger partial charge in [-0.3, -0.25) is 0 Å². The summed E-state index contributed by atoms with van der Waals surface area (Å²) in [4.78, 5) is 0. The van der Waals surface area contributed by atoms with Crippen LogP contribution in [0.4, 0.5) is 11.4 Å². The molecule has 0 atom stereocenters. The molecule has 2 nitrogen and oxygen atoms in total. The first kappa shape index (κ1) is 38.2. The number of aromatic nitrogens is 1. The van der Waals surface area contributed by atoms with Crippen molar-refractivity contribution >= 4 is 62.2 Å². The van der Waals surface area contributed by atoms with E-state index in [1.807, 2.05) is 0 Å². The summed E-state index contributed by atoms with van der Waals surface area (Å²) in [6.07, 6.45) is 2.38. The third kappa shape index (κ3) is 4.83. The molecule has 64 heavy (non-hydrogen) atoms. The highest BCUT2D eigenvalue weighted by Crippen LogP contribution is 2.58. The molecular weight excluding hydrogens is 771 g/mol. The summed E-state index contributed by atoms with van der Waals surface area (Å²) in [6.45, 7) is 21.8. The number of rotatable bonds is 3. The average molecular weight is 826 g/mol. The maximum Gasteiger partial charge on any atom is 0.197 e. The first-order valence-corrected chi connectivity index (χ1v) is 23.5. The van der Waals surface area contributed by atoms with Crippen LogP contribution in [-0.4, -0.2) is 11.8 Å². The van der Waals surface area contributed by atoms with Crippen LogP contribution in [0.1, 0.15) is 107 Å². The summed E-state index contributed by atoms with van der Waals surface area (Å²) in [5.74, 6) is 0. The molecule has 0 fully saturated rings. The molecule has 0 spiro atoms. The van der Waals surface area contributed by atoms with Crippen molar-refractivity contribution < 1.29 is 0 Å². The van der Waals surface area contributed by atoms with Crippen LogP contribution in [0.5, 0.6) is 0 Å². The van der Waals surface area contributed by atoms with Gasteiger partial charge in [-0.1, -0.05) is 170 Å². The first-order chi connectivity index (χ1) is 30.7. The third-order valence-corrected chi connectivity index (χ3v) is 16.6. The van der Waals surface area contributed by atoms with E-state index in [-0.39, 0.29) is 21.7 Å². The minimum atomic E-state index is -0.251. The maximum atomic E-state index is 4.22. The number of nitrogens with zero attached hydrogens (tertiary/aromatic N) is 1. The molecule has 0 saturated heterocycles. The lowest BCUT2D eigenvalue weighted by molar-refractivity contribution is 0.332. The topological polar surface area (TPSA) is 17.0 Å². The van der Waals surface area contributed by atoms with Crippen LogP contribution in [0.2, 0.25) is 0 Å². The second kappa shape index (κ2) is 12.5. The van der Waals surface area contributed by atoms with E-state index in [9.17, 15) is 0 Å². The summed E-state index contributed by atoms with van der Waals surface area (Å²) in [5.41, 5.74) is 26.3. The van der Waals surface area contributed by atoms with Crippen LogP contribution in [0, 0.1) is 6.92 Å². The fourth-order valence-electron chi connectivity index (χ4n) is 13.1. The zero-order valence-electron chi connectivity index (χ0n) is 38.6. The molecule has 311 valence electrons. The number of aryl methyl sites for hydroxylation is 1. The first-order valence-electron chi connectivity index (χ1n) is 23.5. The Morgan fingerprint density at radius 3 is 1.97 bits per heavy atom. The van der Waals surface area contributed by atoms with E-state index in [0.717, 1.165) is 5.69 Å².